The Balaban J connectivity index is 2.10. The molecule has 0 unspecified atom stereocenters. The molecule has 0 aliphatic carbocycles. The van der Waals surface area contributed by atoms with E-state index in [0.29, 0.717) is 6.61 Å². The highest BCUT2D eigenvalue weighted by molar-refractivity contribution is 7.21. The van der Waals surface area contributed by atoms with Crippen LogP contribution < -0.4 is 10.5 Å². The predicted octanol–water partition coefficient (Wildman–Crippen LogP) is 4.25. The van der Waals surface area contributed by atoms with Crippen LogP contribution in [0.1, 0.15) is 12.5 Å². The second-order valence-electron chi connectivity index (χ2n) is 4.60. The Morgan fingerprint density at radius 3 is 2.90 bits per heavy atom. The van der Waals surface area contributed by atoms with Gasteiger partial charge in [-0.1, -0.05) is 12.1 Å². The number of hydrogen-bond donors (Lipinski definition) is 1. The summed E-state index contributed by atoms with van der Waals surface area (Å²) in [7, 11) is 0. The first-order chi connectivity index (χ1) is 9.69. The molecule has 3 nitrogen and oxygen atoms in total. The molecule has 0 radical (unpaired) electrons. The number of nitrogen functional groups attached to an aromatic ring is 1. The molecule has 20 heavy (non-hydrogen) atoms. The molecule has 3 aromatic rings. The van der Waals surface area contributed by atoms with Gasteiger partial charge < -0.3 is 10.5 Å². The molecule has 3 rings (SSSR count). The zero-order valence-corrected chi connectivity index (χ0v) is 12.3. The van der Waals surface area contributed by atoms with E-state index in [4.69, 9.17) is 15.5 Å². The topological polar surface area (TPSA) is 48.1 Å². The minimum absolute atomic E-state index is 0.672. The van der Waals surface area contributed by atoms with Crippen LogP contribution in [0.25, 0.3) is 20.8 Å². The zero-order valence-electron chi connectivity index (χ0n) is 11.5. The molecule has 0 atom stereocenters. The van der Waals surface area contributed by atoms with Crippen LogP contribution in [-0.4, -0.2) is 11.6 Å². The van der Waals surface area contributed by atoms with E-state index in [1.807, 2.05) is 44.2 Å². The first-order valence-electron chi connectivity index (χ1n) is 6.58. The summed E-state index contributed by atoms with van der Waals surface area (Å²) in [5, 5.41) is 0.999. The highest BCUT2D eigenvalue weighted by Crippen LogP contribution is 2.35. The van der Waals surface area contributed by atoms with E-state index in [-0.39, 0.29) is 0 Å². The zero-order chi connectivity index (χ0) is 14.1. The number of nitrogens with zero attached hydrogens (tertiary/aromatic N) is 1. The summed E-state index contributed by atoms with van der Waals surface area (Å²) in [6, 6.07) is 12.0. The normalized spacial score (nSPS) is 10.9. The Bertz CT molecular complexity index is 764. The third-order valence-electron chi connectivity index (χ3n) is 3.28. The molecule has 2 N–H and O–H groups in total. The molecule has 0 saturated heterocycles. The van der Waals surface area contributed by atoms with E-state index < -0.39 is 0 Å². The van der Waals surface area contributed by atoms with Crippen molar-refractivity contribution in [3.05, 3.63) is 42.0 Å². The fourth-order valence-corrected chi connectivity index (χ4v) is 3.24. The lowest BCUT2D eigenvalue weighted by molar-refractivity contribution is 0.341. The summed E-state index contributed by atoms with van der Waals surface area (Å²) < 4.78 is 6.66. The number of rotatable bonds is 3. The number of anilines is 1. The monoisotopic (exact) mass is 284 g/mol. The Morgan fingerprint density at radius 2 is 2.10 bits per heavy atom. The van der Waals surface area contributed by atoms with Crippen LogP contribution in [0.5, 0.6) is 5.75 Å². The molecule has 0 fully saturated rings. The van der Waals surface area contributed by atoms with Gasteiger partial charge in [-0.25, -0.2) is 4.98 Å². The summed E-state index contributed by atoms with van der Waals surface area (Å²) in [4.78, 5) is 4.69. The van der Waals surface area contributed by atoms with Crippen LogP contribution in [0.2, 0.25) is 0 Å². The maximum absolute atomic E-state index is 5.97. The van der Waals surface area contributed by atoms with Crippen molar-refractivity contribution >= 4 is 27.2 Å². The number of aromatic nitrogens is 1. The van der Waals surface area contributed by atoms with E-state index in [0.717, 1.165) is 37.8 Å². The second kappa shape index (κ2) is 5.13. The summed E-state index contributed by atoms with van der Waals surface area (Å²) in [5.74, 6) is 0.888. The van der Waals surface area contributed by atoms with Crippen molar-refractivity contribution in [2.75, 3.05) is 12.3 Å². The largest absolute Gasteiger partial charge is 0.494 e. The maximum Gasteiger partial charge on any atom is 0.124 e. The van der Waals surface area contributed by atoms with Crippen LogP contribution >= 0.6 is 11.3 Å². The highest BCUT2D eigenvalue weighted by Gasteiger charge is 2.10. The molecule has 102 valence electrons. The van der Waals surface area contributed by atoms with Crippen molar-refractivity contribution in [2.45, 2.75) is 13.8 Å². The molecular weight excluding hydrogens is 268 g/mol. The highest BCUT2D eigenvalue weighted by atomic mass is 32.1. The van der Waals surface area contributed by atoms with Gasteiger partial charge in [-0.05, 0) is 43.7 Å². The minimum Gasteiger partial charge on any atom is -0.494 e. The van der Waals surface area contributed by atoms with Gasteiger partial charge in [0.1, 0.15) is 10.8 Å². The van der Waals surface area contributed by atoms with E-state index in [1.165, 1.54) is 0 Å². The van der Waals surface area contributed by atoms with E-state index >= 15 is 0 Å². The first-order valence-corrected chi connectivity index (χ1v) is 7.39. The van der Waals surface area contributed by atoms with Crippen LogP contribution in [0.3, 0.4) is 0 Å². The van der Waals surface area contributed by atoms with E-state index in [1.54, 1.807) is 11.3 Å². The van der Waals surface area contributed by atoms with Crippen molar-refractivity contribution in [1.29, 1.82) is 0 Å². The SMILES string of the molecule is CCOc1ccc2nc(-c3cccc(N)c3C)sc2c1. The summed E-state index contributed by atoms with van der Waals surface area (Å²) in [5.41, 5.74) is 9.95. The molecule has 1 heterocycles. The molecule has 4 heteroatoms. The molecular formula is C16H16N2OS. The van der Waals surface area contributed by atoms with Gasteiger partial charge in [0, 0.05) is 11.3 Å². The van der Waals surface area contributed by atoms with Gasteiger partial charge in [0.2, 0.25) is 0 Å². The van der Waals surface area contributed by atoms with Crippen LogP contribution in [0, 0.1) is 6.92 Å². The first kappa shape index (κ1) is 12.9. The Morgan fingerprint density at radius 1 is 1.25 bits per heavy atom. The quantitative estimate of drug-likeness (QED) is 0.731. The van der Waals surface area contributed by atoms with Gasteiger partial charge >= 0.3 is 0 Å². The molecule has 0 aliphatic rings. The van der Waals surface area contributed by atoms with Gasteiger partial charge in [-0.3, -0.25) is 0 Å². The third kappa shape index (κ3) is 2.23. The molecule has 0 saturated carbocycles. The fourth-order valence-electron chi connectivity index (χ4n) is 2.16. The molecule has 0 spiro atoms. The van der Waals surface area contributed by atoms with Gasteiger partial charge in [0.25, 0.3) is 0 Å². The Kier molecular flexibility index (Phi) is 3.32. The lowest BCUT2D eigenvalue weighted by Gasteiger charge is -2.04. The summed E-state index contributed by atoms with van der Waals surface area (Å²) >= 11 is 1.67. The minimum atomic E-state index is 0.672. The summed E-state index contributed by atoms with van der Waals surface area (Å²) in [6.45, 7) is 4.69. The lowest BCUT2D eigenvalue weighted by atomic mass is 10.1. The molecule has 2 aromatic carbocycles. The van der Waals surface area contributed by atoms with Crippen LogP contribution in [-0.2, 0) is 0 Å². The Labute approximate surface area is 122 Å². The van der Waals surface area contributed by atoms with E-state index in [9.17, 15) is 0 Å². The van der Waals surface area contributed by atoms with Crippen molar-refractivity contribution in [3.8, 4) is 16.3 Å². The number of nitrogens with two attached hydrogens (primary N) is 1. The molecule has 0 aliphatic heterocycles. The van der Waals surface area contributed by atoms with Crippen molar-refractivity contribution in [1.82, 2.24) is 4.98 Å². The van der Waals surface area contributed by atoms with Gasteiger partial charge in [0.15, 0.2) is 0 Å². The third-order valence-corrected chi connectivity index (χ3v) is 4.33. The average molecular weight is 284 g/mol. The van der Waals surface area contributed by atoms with Crippen LogP contribution in [0.4, 0.5) is 5.69 Å². The number of hydrogen-bond acceptors (Lipinski definition) is 4. The van der Waals surface area contributed by atoms with Gasteiger partial charge in [-0.15, -0.1) is 11.3 Å². The predicted molar refractivity (Wildman–Crippen MR) is 85.4 cm³/mol. The number of ether oxygens (including phenoxy) is 1. The second-order valence-corrected chi connectivity index (χ2v) is 5.63. The standard InChI is InChI=1S/C16H16N2OS/c1-3-19-11-7-8-14-15(9-11)20-16(18-14)12-5-4-6-13(17)10(12)2/h4-9H,3,17H2,1-2H3. The van der Waals surface area contributed by atoms with E-state index in [2.05, 4.69) is 6.07 Å². The van der Waals surface area contributed by atoms with Crippen LogP contribution in [0.15, 0.2) is 36.4 Å². The van der Waals surface area contributed by atoms with Crippen molar-refractivity contribution < 1.29 is 4.74 Å². The smallest absolute Gasteiger partial charge is 0.124 e. The van der Waals surface area contributed by atoms with Gasteiger partial charge in [0.05, 0.1) is 16.8 Å². The Hall–Kier alpha value is -2.07. The van der Waals surface area contributed by atoms with Gasteiger partial charge in [-0.2, -0.15) is 0 Å². The van der Waals surface area contributed by atoms with Crippen molar-refractivity contribution in [2.24, 2.45) is 0 Å². The lowest BCUT2D eigenvalue weighted by Crippen LogP contribution is -1.91. The number of thiazole rings is 1. The summed E-state index contributed by atoms with van der Waals surface area (Å²) in [6.07, 6.45) is 0. The number of fused-ring (bicyclic) bond motifs is 1. The average Bonchev–Trinajstić information content (AvgIpc) is 2.85. The van der Waals surface area contributed by atoms with Crippen molar-refractivity contribution in [3.63, 3.8) is 0 Å². The molecule has 1 aromatic heterocycles. The molecule has 0 bridgehead atoms. The number of benzene rings is 2. The fraction of sp³-hybridized carbons (Fsp3) is 0.188. The maximum atomic E-state index is 5.97. The molecule has 0 amide bonds.